The molecule has 1 aliphatic heterocycles. The maximum Gasteiger partial charge on any atom is 0.240 e. The van der Waals surface area contributed by atoms with Crippen LogP contribution >= 0.6 is 0 Å². The van der Waals surface area contributed by atoms with Crippen molar-refractivity contribution in [3.63, 3.8) is 0 Å². The fourth-order valence-electron chi connectivity index (χ4n) is 1.88. The molecule has 16 heavy (non-hydrogen) atoms. The van der Waals surface area contributed by atoms with Gasteiger partial charge in [-0.1, -0.05) is 6.92 Å². The molecular formula is C11H15NO3S. The highest BCUT2D eigenvalue weighted by Crippen LogP contribution is 2.26. The monoisotopic (exact) mass is 241 g/mol. The zero-order chi connectivity index (χ0) is 11.8. The zero-order valence-corrected chi connectivity index (χ0v) is 10.2. The first-order chi connectivity index (χ1) is 7.53. The zero-order valence-electron chi connectivity index (χ0n) is 9.36. The average Bonchev–Trinajstić information content (AvgIpc) is 2.36. The maximum absolute atomic E-state index is 11.9. The van der Waals surface area contributed by atoms with Gasteiger partial charge in [-0.15, -0.1) is 0 Å². The number of ether oxygens (including phenoxy) is 1. The highest BCUT2D eigenvalue weighted by atomic mass is 32.2. The van der Waals surface area contributed by atoms with Gasteiger partial charge in [0.2, 0.25) is 10.0 Å². The van der Waals surface area contributed by atoms with Crippen molar-refractivity contribution >= 4 is 10.0 Å². The van der Waals surface area contributed by atoms with Crippen LogP contribution in [0.25, 0.3) is 0 Å². The molecule has 0 radical (unpaired) electrons. The van der Waals surface area contributed by atoms with E-state index in [1.54, 1.807) is 25.3 Å². The number of hydrogen-bond donors (Lipinski definition) is 1. The Balaban J connectivity index is 2.56. The second kappa shape index (κ2) is 4.07. The molecule has 1 aromatic carbocycles. The van der Waals surface area contributed by atoms with Gasteiger partial charge in [-0.05, 0) is 36.1 Å². The number of sulfonamides is 1. The topological polar surface area (TPSA) is 55.4 Å². The van der Waals surface area contributed by atoms with Gasteiger partial charge < -0.3 is 4.74 Å². The maximum atomic E-state index is 11.9. The Hall–Kier alpha value is -1.07. The van der Waals surface area contributed by atoms with Crippen molar-refractivity contribution in [2.24, 2.45) is 5.92 Å². The molecule has 1 unspecified atom stereocenters. The summed E-state index contributed by atoms with van der Waals surface area (Å²) in [5, 5.41) is 0. The molecule has 1 aromatic rings. The number of methoxy groups -OCH3 is 1. The second-order valence-electron chi connectivity index (χ2n) is 4.13. The summed E-state index contributed by atoms with van der Waals surface area (Å²) in [6, 6.07) is 5.08. The lowest BCUT2D eigenvalue weighted by molar-refractivity contribution is 0.413. The molecule has 0 fully saturated rings. The predicted molar refractivity (Wildman–Crippen MR) is 61.1 cm³/mol. The van der Waals surface area contributed by atoms with Crippen molar-refractivity contribution in [3.05, 3.63) is 23.8 Å². The fraction of sp³-hybridized carbons (Fsp3) is 0.455. The van der Waals surface area contributed by atoms with Crippen LogP contribution in [0.4, 0.5) is 0 Å². The lowest BCUT2D eigenvalue weighted by Crippen LogP contribution is -2.26. The molecule has 0 saturated carbocycles. The van der Waals surface area contributed by atoms with E-state index in [2.05, 4.69) is 4.72 Å². The highest BCUT2D eigenvalue weighted by molar-refractivity contribution is 7.89. The lowest BCUT2D eigenvalue weighted by atomic mass is 10.0. The summed E-state index contributed by atoms with van der Waals surface area (Å²) in [5.41, 5.74) is 0.830. The van der Waals surface area contributed by atoms with Gasteiger partial charge in [-0.3, -0.25) is 0 Å². The number of benzene rings is 1. The van der Waals surface area contributed by atoms with Gasteiger partial charge in [-0.2, -0.15) is 0 Å². The highest BCUT2D eigenvalue weighted by Gasteiger charge is 2.24. The van der Waals surface area contributed by atoms with E-state index in [4.69, 9.17) is 4.74 Å². The molecule has 0 saturated heterocycles. The normalized spacial score (nSPS) is 23.2. The van der Waals surface area contributed by atoms with E-state index in [0.29, 0.717) is 23.1 Å². The van der Waals surface area contributed by atoms with E-state index in [1.165, 1.54) is 0 Å². The standard InChI is InChI=1S/C11H15NO3S/c1-8-5-9-6-10(15-2)3-4-11(9)16(13,14)12-7-8/h3-4,6,8,12H,5,7H2,1-2H3. The molecule has 0 bridgehead atoms. The molecule has 0 amide bonds. The van der Waals surface area contributed by atoms with Crippen LogP contribution in [-0.4, -0.2) is 22.1 Å². The van der Waals surface area contributed by atoms with Crippen molar-refractivity contribution < 1.29 is 13.2 Å². The fourth-order valence-corrected chi connectivity index (χ4v) is 3.28. The van der Waals surface area contributed by atoms with E-state index >= 15 is 0 Å². The van der Waals surface area contributed by atoms with Crippen LogP contribution in [0.2, 0.25) is 0 Å². The number of nitrogens with one attached hydrogen (secondary N) is 1. The molecular weight excluding hydrogens is 226 g/mol. The summed E-state index contributed by atoms with van der Waals surface area (Å²) in [4.78, 5) is 0.373. The molecule has 0 aliphatic carbocycles. The summed E-state index contributed by atoms with van der Waals surface area (Å²) in [5.74, 6) is 0.992. The molecule has 1 N–H and O–H groups in total. The summed E-state index contributed by atoms with van der Waals surface area (Å²) < 4.78 is 31.5. The molecule has 1 heterocycles. The van der Waals surface area contributed by atoms with Gasteiger partial charge in [0, 0.05) is 6.54 Å². The third-order valence-electron chi connectivity index (χ3n) is 2.75. The van der Waals surface area contributed by atoms with E-state index in [-0.39, 0.29) is 0 Å². The molecule has 1 atom stereocenters. The predicted octanol–water partition coefficient (Wildman–Crippen LogP) is 1.17. The summed E-state index contributed by atoms with van der Waals surface area (Å²) in [6.07, 6.45) is 0.749. The summed E-state index contributed by atoms with van der Waals surface area (Å²) in [6.45, 7) is 2.51. The average molecular weight is 241 g/mol. The van der Waals surface area contributed by atoms with Crippen LogP contribution in [-0.2, 0) is 16.4 Å². The van der Waals surface area contributed by atoms with E-state index in [9.17, 15) is 8.42 Å². The Bertz CT molecular complexity index is 496. The summed E-state index contributed by atoms with van der Waals surface area (Å²) in [7, 11) is -1.76. The molecule has 0 spiro atoms. The van der Waals surface area contributed by atoms with Gasteiger partial charge >= 0.3 is 0 Å². The lowest BCUT2D eigenvalue weighted by Gasteiger charge is -2.08. The Labute approximate surface area is 95.7 Å². The Morgan fingerprint density at radius 3 is 2.88 bits per heavy atom. The Kier molecular flexibility index (Phi) is 2.90. The number of rotatable bonds is 1. The smallest absolute Gasteiger partial charge is 0.240 e. The van der Waals surface area contributed by atoms with Crippen LogP contribution in [0.1, 0.15) is 12.5 Å². The largest absolute Gasteiger partial charge is 0.497 e. The van der Waals surface area contributed by atoms with Crippen LogP contribution in [0.5, 0.6) is 5.75 Å². The van der Waals surface area contributed by atoms with Gasteiger partial charge in [0.05, 0.1) is 12.0 Å². The molecule has 1 aliphatic rings. The van der Waals surface area contributed by atoms with Crippen LogP contribution in [0, 0.1) is 5.92 Å². The molecule has 2 rings (SSSR count). The van der Waals surface area contributed by atoms with Crippen molar-refractivity contribution in [1.29, 1.82) is 0 Å². The van der Waals surface area contributed by atoms with Gasteiger partial charge in [0.1, 0.15) is 5.75 Å². The minimum absolute atomic E-state index is 0.295. The molecule has 4 nitrogen and oxygen atoms in total. The van der Waals surface area contributed by atoms with Crippen molar-refractivity contribution in [2.45, 2.75) is 18.2 Å². The SMILES string of the molecule is COc1ccc2c(c1)CC(C)CNS2(=O)=O. The van der Waals surface area contributed by atoms with Gasteiger partial charge in [0.25, 0.3) is 0 Å². The third kappa shape index (κ3) is 2.05. The van der Waals surface area contributed by atoms with Crippen LogP contribution in [0.15, 0.2) is 23.1 Å². The number of fused-ring (bicyclic) bond motifs is 1. The van der Waals surface area contributed by atoms with E-state index in [1.807, 2.05) is 6.92 Å². The first-order valence-electron chi connectivity index (χ1n) is 5.19. The number of hydrogen-bond acceptors (Lipinski definition) is 3. The van der Waals surface area contributed by atoms with Crippen molar-refractivity contribution in [3.8, 4) is 5.75 Å². The van der Waals surface area contributed by atoms with E-state index in [0.717, 1.165) is 12.0 Å². The van der Waals surface area contributed by atoms with Gasteiger partial charge in [-0.25, -0.2) is 13.1 Å². The van der Waals surface area contributed by atoms with Crippen molar-refractivity contribution in [1.82, 2.24) is 4.72 Å². The van der Waals surface area contributed by atoms with Crippen LogP contribution < -0.4 is 9.46 Å². The van der Waals surface area contributed by atoms with E-state index < -0.39 is 10.0 Å². The first kappa shape index (κ1) is 11.4. The summed E-state index contributed by atoms with van der Waals surface area (Å²) >= 11 is 0. The van der Waals surface area contributed by atoms with Crippen molar-refractivity contribution in [2.75, 3.05) is 13.7 Å². The van der Waals surface area contributed by atoms with Gasteiger partial charge in [0.15, 0.2) is 0 Å². The second-order valence-corrected chi connectivity index (χ2v) is 5.87. The molecule has 5 heteroatoms. The Morgan fingerprint density at radius 2 is 2.19 bits per heavy atom. The molecule has 0 aromatic heterocycles. The minimum atomic E-state index is -3.34. The Morgan fingerprint density at radius 1 is 1.44 bits per heavy atom. The third-order valence-corrected chi connectivity index (χ3v) is 4.27. The minimum Gasteiger partial charge on any atom is -0.497 e. The molecule has 88 valence electrons. The quantitative estimate of drug-likeness (QED) is 0.803. The van der Waals surface area contributed by atoms with Crippen LogP contribution in [0.3, 0.4) is 0 Å². The first-order valence-corrected chi connectivity index (χ1v) is 6.68.